The summed E-state index contributed by atoms with van der Waals surface area (Å²) in [5.74, 6) is 0.948. The van der Waals surface area contributed by atoms with Crippen LogP contribution in [0, 0.1) is 0 Å². The lowest BCUT2D eigenvalue weighted by Gasteiger charge is -2.30. The first-order valence-electron chi connectivity index (χ1n) is 16.1. The van der Waals surface area contributed by atoms with E-state index in [-0.39, 0.29) is 0 Å². The third-order valence-electron chi connectivity index (χ3n) is 9.09. The molecule has 0 atom stereocenters. The average Bonchev–Trinajstić information content (AvgIpc) is 3.06. The van der Waals surface area contributed by atoms with Crippen molar-refractivity contribution in [3.63, 3.8) is 0 Å². The van der Waals surface area contributed by atoms with E-state index >= 15 is 0 Å². The van der Waals surface area contributed by atoms with E-state index in [4.69, 9.17) is 9.47 Å². The van der Waals surface area contributed by atoms with Gasteiger partial charge in [-0.3, -0.25) is 0 Å². The second kappa shape index (κ2) is 12.7. The van der Waals surface area contributed by atoms with Gasteiger partial charge >= 0.3 is 0 Å². The molecule has 2 saturated heterocycles. The summed E-state index contributed by atoms with van der Waals surface area (Å²) in [6.45, 7) is 3.20. The standard InChI is InChI=1S/C42H36N2O2/c1-3-11-37(12-4-1)43(41-15-7-9-33(25-41)35-27-45-28-35)39-21-17-31(18-22-39)32-19-23-40(24-20-32)44(38-13-5-2-6-14-38)42-16-8-10-34(26-42)36-29-46-30-36/h1-26,35-36H,27-30H2. The number of hydrogen-bond acceptors (Lipinski definition) is 4. The minimum absolute atomic E-state index is 0.474. The molecule has 0 radical (unpaired) electrons. The highest BCUT2D eigenvalue weighted by molar-refractivity contribution is 5.81. The topological polar surface area (TPSA) is 24.9 Å². The predicted octanol–water partition coefficient (Wildman–Crippen LogP) is 10.5. The van der Waals surface area contributed by atoms with E-state index in [1.54, 1.807) is 0 Å². The molecule has 6 aromatic carbocycles. The molecule has 0 spiro atoms. The quantitative estimate of drug-likeness (QED) is 0.165. The first-order valence-corrected chi connectivity index (χ1v) is 16.1. The maximum absolute atomic E-state index is 5.48. The molecule has 46 heavy (non-hydrogen) atoms. The van der Waals surface area contributed by atoms with E-state index in [9.17, 15) is 0 Å². The van der Waals surface area contributed by atoms with Crippen LogP contribution in [0.5, 0.6) is 0 Å². The first-order chi connectivity index (χ1) is 22.8. The monoisotopic (exact) mass is 600 g/mol. The third-order valence-corrected chi connectivity index (χ3v) is 9.09. The molecule has 2 fully saturated rings. The van der Waals surface area contributed by atoms with Gasteiger partial charge in [0.15, 0.2) is 0 Å². The molecule has 0 unspecified atom stereocenters. The Morgan fingerprint density at radius 2 is 0.696 bits per heavy atom. The first kappa shape index (κ1) is 28.3. The fourth-order valence-corrected chi connectivity index (χ4v) is 6.35. The van der Waals surface area contributed by atoms with Gasteiger partial charge in [-0.1, -0.05) is 84.9 Å². The molecule has 0 amide bonds. The predicted molar refractivity (Wildman–Crippen MR) is 188 cm³/mol. The van der Waals surface area contributed by atoms with Crippen molar-refractivity contribution in [3.05, 3.63) is 169 Å². The van der Waals surface area contributed by atoms with Crippen molar-refractivity contribution in [1.82, 2.24) is 0 Å². The lowest BCUT2D eigenvalue weighted by Crippen LogP contribution is -2.25. The smallest absolute Gasteiger partial charge is 0.0557 e. The van der Waals surface area contributed by atoms with Crippen LogP contribution < -0.4 is 9.80 Å². The van der Waals surface area contributed by atoms with Crippen molar-refractivity contribution in [1.29, 1.82) is 0 Å². The number of nitrogens with zero attached hydrogens (tertiary/aromatic N) is 2. The summed E-state index contributed by atoms with van der Waals surface area (Å²) in [6.07, 6.45) is 0. The van der Waals surface area contributed by atoms with E-state index in [1.165, 1.54) is 22.3 Å². The summed E-state index contributed by atoms with van der Waals surface area (Å²) in [5, 5.41) is 0. The second-order valence-electron chi connectivity index (χ2n) is 12.1. The molecule has 4 heteroatoms. The van der Waals surface area contributed by atoms with Crippen LogP contribution in [0.2, 0.25) is 0 Å². The van der Waals surface area contributed by atoms with Crippen LogP contribution in [0.3, 0.4) is 0 Å². The van der Waals surface area contributed by atoms with E-state index < -0.39 is 0 Å². The van der Waals surface area contributed by atoms with Crippen molar-refractivity contribution >= 4 is 34.1 Å². The molecule has 4 nitrogen and oxygen atoms in total. The summed E-state index contributed by atoms with van der Waals surface area (Å²) in [7, 11) is 0. The molecule has 6 aromatic rings. The Kier molecular flexibility index (Phi) is 7.81. The van der Waals surface area contributed by atoms with Crippen LogP contribution >= 0.6 is 0 Å². The van der Waals surface area contributed by atoms with Crippen molar-refractivity contribution in [3.8, 4) is 11.1 Å². The van der Waals surface area contributed by atoms with Crippen LogP contribution in [0.1, 0.15) is 23.0 Å². The zero-order chi connectivity index (χ0) is 30.7. The van der Waals surface area contributed by atoms with E-state index in [1.807, 2.05) is 0 Å². The largest absolute Gasteiger partial charge is 0.380 e. The lowest BCUT2D eigenvalue weighted by atomic mass is 9.96. The van der Waals surface area contributed by atoms with Gasteiger partial charge in [0, 0.05) is 46.0 Å². The summed E-state index contributed by atoms with van der Waals surface area (Å²) in [6, 6.07) is 56.7. The molecular formula is C42H36N2O2. The molecule has 8 rings (SSSR count). The van der Waals surface area contributed by atoms with Gasteiger partial charge in [0.25, 0.3) is 0 Å². The molecule has 2 aliphatic heterocycles. The number of hydrogen-bond donors (Lipinski definition) is 0. The molecule has 2 heterocycles. The van der Waals surface area contributed by atoms with Gasteiger partial charge in [-0.25, -0.2) is 0 Å². The zero-order valence-electron chi connectivity index (χ0n) is 25.7. The van der Waals surface area contributed by atoms with E-state index in [0.29, 0.717) is 11.8 Å². The van der Waals surface area contributed by atoms with Gasteiger partial charge in [-0.05, 0) is 95.1 Å². The summed E-state index contributed by atoms with van der Waals surface area (Å²) in [4.78, 5) is 4.66. The van der Waals surface area contributed by atoms with Crippen molar-refractivity contribution in [2.45, 2.75) is 11.8 Å². The molecule has 226 valence electrons. The fourth-order valence-electron chi connectivity index (χ4n) is 6.35. The Balaban J connectivity index is 1.09. The van der Waals surface area contributed by atoms with Gasteiger partial charge in [0.1, 0.15) is 0 Å². The highest BCUT2D eigenvalue weighted by Gasteiger charge is 2.23. The van der Waals surface area contributed by atoms with E-state index in [0.717, 1.165) is 60.6 Å². The van der Waals surface area contributed by atoms with Crippen LogP contribution in [-0.4, -0.2) is 26.4 Å². The summed E-state index contributed by atoms with van der Waals surface area (Å²) >= 11 is 0. The zero-order valence-corrected chi connectivity index (χ0v) is 25.7. The Hall–Kier alpha value is -5.16. The third kappa shape index (κ3) is 5.69. The van der Waals surface area contributed by atoms with Gasteiger partial charge in [0.2, 0.25) is 0 Å². The van der Waals surface area contributed by atoms with E-state index in [2.05, 4.69) is 168 Å². The van der Waals surface area contributed by atoms with Crippen LogP contribution in [-0.2, 0) is 9.47 Å². The Bertz CT molecular complexity index is 1760. The molecule has 0 saturated carbocycles. The fraction of sp³-hybridized carbons (Fsp3) is 0.143. The number of para-hydroxylation sites is 2. The molecule has 2 aliphatic rings. The molecular weight excluding hydrogens is 564 g/mol. The number of ether oxygens (including phenoxy) is 2. The Morgan fingerprint density at radius 1 is 0.348 bits per heavy atom. The van der Waals surface area contributed by atoms with Crippen LogP contribution in [0.25, 0.3) is 11.1 Å². The normalized spacial score (nSPS) is 14.7. The molecule has 0 aliphatic carbocycles. The maximum atomic E-state index is 5.48. The van der Waals surface area contributed by atoms with Crippen LogP contribution in [0.4, 0.5) is 34.1 Å². The second-order valence-corrected chi connectivity index (χ2v) is 12.1. The maximum Gasteiger partial charge on any atom is 0.0557 e. The van der Waals surface area contributed by atoms with Crippen molar-refractivity contribution in [2.75, 3.05) is 36.2 Å². The SMILES string of the molecule is c1ccc(N(c2ccc(-c3ccc(N(c4ccccc4)c4cccc(C5COC5)c4)cc3)cc2)c2cccc(C3COC3)c2)cc1. The van der Waals surface area contributed by atoms with Crippen LogP contribution in [0.15, 0.2) is 158 Å². The highest BCUT2D eigenvalue weighted by atomic mass is 16.5. The number of benzene rings is 6. The number of anilines is 6. The average molecular weight is 601 g/mol. The van der Waals surface area contributed by atoms with Crippen molar-refractivity contribution < 1.29 is 9.47 Å². The molecule has 0 bridgehead atoms. The van der Waals surface area contributed by atoms with Gasteiger partial charge < -0.3 is 19.3 Å². The lowest BCUT2D eigenvalue weighted by molar-refractivity contribution is 0.00839. The minimum atomic E-state index is 0.474. The highest BCUT2D eigenvalue weighted by Crippen LogP contribution is 2.39. The van der Waals surface area contributed by atoms with Crippen molar-refractivity contribution in [2.24, 2.45) is 0 Å². The Morgan fingerprint density at radius 3 is 1.04 bits per heavy atom. The van der Waals surface area contributed by atoms with Gasteiger partial charge in [-0.2, -0.15) is 0 Å². The summed E-state index contributed by atoms with van der Waals surface area (Å²) in [5.41, 5.74) is 11.9. The van der Waals surface area contributed by atoms with Gasteiger partial charge in [-0.15, -0.1) is 0 Å². The number of rotatable bonds is 9. The molecule has 0 aromatic heterocycles. The Labute approximate surface area is 271 Å². The minimum Gasteiger partial charge on any atom is -0.380 e. The molecule has 0 N–H and O–H groups in total. The summed E-state index contributed by atoms with van der Waals surface area (Å²) < 4.78 is 11.0. The van der Waals surface area contributed by atoms with Gasteiger partial charge in [0.05, 0.1) is 26.4 Å².